The number of hydrogen-bond donors (Lipinski definition) is 2. The summed E-state index contributed by atoms with van der Waals surface area (Å²) in [7, 11) is 0. The van der Waals surface area contributed by atoms with Crippen molar-refractivity contribution in [3.63, 3.8) is 0 Å². The highest BCUT2D eigenvalue weighted by molar-refractivity contribution is 6.32. The first kappa shape index (κ1) is 19.9. The first-order valence-corrected chi connectivity index (χ1v) is 10.4. The van der Waals surface area contributed by atoms with Gasteiger partial charge in [-0.2, -0.15) is 0 Å². The number of hydrogen-bond acceptors (Lipinski definition) is 4. The van der Waals surface area contributed by atoms with Crippen molar-refractivity contribution < 1.29 is 19.5 Å². The third kappa shape index (κ3) is 3.13. The number of carbonyl (C=O) groups is 3. The minimum Gasteiger partial charge on any atom is -0.394 e. The second-order valence-electron chi connectivity index (χ2n) is 7.80. The molecular weight excluding hydrogens is 404 g/mol. The molecule has 5 rings (SSSR count). The molecule has 158 valence electrons. The maximum absolute atomic E-state index is 13.4. The molecular formula is C26H20N2O4. The second-order valence-corrected chi connectivity index (χ2v) is 7.80. The molecule has 0 unspecified atom stereocenters. The van der Waals surface area contributed by atoms with Crippen LogP contribution in [0.15, 0.2) is 79.0 Å². The minimum atomic E-state index is -0.541. The Bertz CT molecular complexity index is 1370. The van der Waals surface area contributed by atoms with Crippen LogP contribution in [-0.2, 0) is 6.42 Å². The summed E-state index contributed by atoms with van der Waals surface area (Å²) in [6.45, 7) is -0.260. The Morgan fingerprint density at radius 2 is 1.53 bits per heavy atom. The van der Waals surface area contributed by atoms with E-state index >= 15 is 0 Å². The van der Waals surface area contributed by atoms with Gasteiger partial charge in [0.05, 0.1) is 29.3 Å². The Morgan fingerprint density at radius 3 is 2.25 bits per heavy atom. The van der Waals surface area contributed by atoms with E-state index in [4.69, 9.17) is 0 Å². The molecule has 1 atom stereocenters. The Kier molecular flexibility index (Phi) is 4.92. The summed E-state index contributed by atoms with van der Waals surface area (Å²) in [5.41, 5.74) is 2.51. The van der Waals surface area contributed by atoms with Crippen LogP contribution in [0.3, 0.4) is 0 Å². The summed E-state index contributed by atoms with van der Waals surface area (Å²) in [6.07, 6.45) is 2.12. The third-order valence-corrected chi connectivity index (χ3v) is 5.81. The van der Waals surface area contributed by atoms with Gasteiger partial charge in [0.1, 0.15) is 5.69 Å². The van der Waals surface area contributed by atoms with Gasteiger partial charge in [-0.25, -0.2) is 0 Å². The van der Waals surface area contributed by atoms with E-state index in [1.165, 1.54) is 0 Å². The number of aromatic nitrogens is 1. The number of nitrogens with one attached hydrogen (secondary N) is 1. The van der Waals surface area contributed by atoms with Crippen molar-refractivity contribution in [3.05, 3.63) is 113 Å². The predicted molar refractivity (Wildman–Crippen MR) is 119 cm³/mol. The number of benzene rings is 2. The average Bonchev–Trinajstić information content (AvgIpc) is 3.18. The molecule has 1 amide bonds. The maximum atomic E-state index is 13.4. The lowest BCUT2D eigenvalue weighted by atomic mass is 9.86. The van der Waals surface area contributed by atoms with Crippen LogP contribution in [-0.4, -0.2) is 39.6 Å². The topological polar surface area (TPSA) is 87.9 Å². The number of ketones is 2. The zero-order valence-electron chi connectivity index (χ0n) is 17.1. The number of carbonyl (C=O) groups excluding carboxylic acids is 3. The Balaban J connectivity index is 1.60. The lowest BCUT2D eigenvalue weighted by Gasteiger charge is -2.18. The summed E-state index contributed by atoms with van der Waals surface area (Å²) in [5.74, 6) is -1.14. The maximum Gasteiger partial charge on any atom is 0.254 e. The van der Waals surface area contributed by atoms with Crippen molar-refractivity contribution in [2.24, 2.45) is 0 Å². The quantitative estimate of drug-likeness (QED) is 0.454. The Labute approximate surface area is 184 Å². The van der Waals surface area contributed by atoms with Gasteiger partial charge in [-0.1, -0.05) is 60.7 Å². The minimum absolute atomic E-state index is 0.105. The first-order chi connectivity index (χ1) is 15.6. The number of nitrogens with zero attached hydrogens (tertiary/aromatic N) is 1. The normalized spacial score (nSPS) is 13.5. The molecule has 0 radical (unpaired) electrons. The average molecular weight is 424 g/mol. The molecule has 6 nitrogen and oxygen atoms in total. The van der Waals surface area contributed by atoms with Gasteiger partial charge in [0.15, 0.2) is 5.78 Å². The molecule has 0 fully saturated rings. The Hall–Kier alpha value is -4.03. The fraction of sp³-hybridized carbons (Fsp3) is 0.115. The fourth-order valence-corrected chi connectivity index (χ4v) is 4.34. The van der Waals surface area contributed by atoms with E-state index in [-0.39, 0.29) is 40.6 Å². The predicted octanol–water partition coefficient (Wildman–Crippen LogP) is 3.05. The number of rotatable bonds is 5. The van der Waals surface area contributed by atoms with Crippen LogP contribution < -0.4 is 5.32 Å². The molecule has 0 aliphatic heterocycles. The van der Waals surface area contributed by atoms with Crippen LogP contribution in [0, 0.1) is 0 Å². The van der Waals surface area contributed by atoms with Crippen LogP contribution in [0.5, 0.6) is 0 Å². The van der Waals surface area contributed by atoms with E-state index in [1.807, 2.05) is 30.3 Å². The molecule has 2 heterocycles. The molecule has 1 aliphatic carbocycles. The van der Waals surface area contributed by atoms with Gasteiger partial charge in [-0.3, -0.25) is 14.4 Å². The van der Waals surface area contributed by atoms with Gasteiger partial charge in [-0.05, 0) is 24.1 Å². The highest BCUT2D eigenvalue weighted by atomic mass is 16.3. The number of fused-ring (bicyclic) bond motifs is 4. The summed E-state index contributed by atoms with van der Waals surface area (Å²) >= 11 is 0. The number of aliphatic hydroxyl groups is 1. The molecule has 2 aromatic heterocycles. The fourth-order valence-electron chi connectivity index (χ4n) is 4.34. The molecule has 0 saturated heterocycles. The smallest absolute Gasteiger partial charge is 0.254 e. The van der Waals surface area contributed by atoms with Gasteiger partial charge in [0.25, 0.3) is 5.91 Å². The summed E-state index contributed by atoms with van der Waals surface area (Å²) in [4.78, 5) is 40.1. The van der Waals surface area contributed by atoms with Crippen molar-refractivity contribution in [1.82, 2.24) is 9.72 Å². The zero-order chi connectivity index (χ0) is 22.2. The monoisotopic (exact) mass is 424 g/mol. The summed E-state index contributed by atoms with van der Waals surface area (Å²) < 4.78 is 1.60. The van der Waals surface area contributed by atoms with Gasteiger partial charge < -0.3 is 14.8 Å². The van der Waals surface area contributed by atoms with Gasteiger partial charge in [0, 0.05) is 17.3 Å². The van der Waals surface area contributed by atoms with Crippen molar-refractivity contribution in [1.29, 1.82) is 0 Å². The van der Waals surface area contributed by atoms with E-state index in [2.05, 4.69) is 5.32 Å². The highest BCUT2D eigenvalue weighted by Crippen LogP contribution is 2.33. The molecule has 1 aliphatic rings. The number of aliphatic hydroxyl groups excluding tert-OH is 1. The van der Waals surface area contributed by atoms with Crippen LogP contribution in [0.2, 0.25) is 0 Å². The lowest BCUT2D eigenvalue weighted by molar-refractivity contribution is 0.0909. The van der Waals surface area contributed by atoms with Crippen LogP contribution in [0.4, 0.5) is 0 Å². The van der Waals surface area contributed by atoms with Gasteiger partial charge >= 0.3 is 0 Å². The van der Waals surface area contributed by atoms with Crippen molar-refractivity contribution in [2.45, 2.75) is 12.5 Å². The van der Waals surface area contributed by atoms with Crippen LogP contribution in [0.1, 0.15) is 47.9 Å². The summed E-state index contributed by atoms with van der Waals surface area (Å²) in [5, 5.41) is 12.7. The summed E-state index contributed by atoms with van der Waals surface area (Å²) in [6, 6.07) is 20.9. The van der Waals surface area contributed by atoms with Crippen molar-refractivity contribution in [3.8, 4) is 0 Å². The first-order valence-electron chi connectivity index (χ1n) is 10.4. The lowest BCUT2D eigenvalue weighted by Crippen LogP contribution is -2.39. The van der Waals surface area contributed by atoms with Crippen molar-refractivity contribution >= 4 is 23.0 Å². The van der Waals surface area contributed by atoms with Gasteiger partial charge in [-0.15, -0.1) is 0 Å². The highest BCUT2D eigenvalue weighted by Gasteiger charge is 2.37. The molecule has 0 spiro atoms. The molecule has 4 aromatic rings. The van der Waals surface area contributed by atoms with E-state index in [1.54, 1.807) is 53.1 Å². The van der Waals surface area contributed by atoms with E-state index < -0.39 is 11.9 Å². The van der Waals surface area contributed by atoms with Crippen LogP contribution >= 0.6 is 0 Å². The molecule has 0 saturated carbocycles. The number of pyridine rings is 1. The van der Waals surface area contributed by atoms with E-state index in [0.29, 0.717) is 17.5 Å². The van der Waals surface area contributed by atoms with Gasteiger partial charge in [0.2, 0.25) is 5.78 Å². The van der Waals surface area contributed by atoms with Crippen molar-refractivity contribution in [2.75, 3.05) is 6.61 Å². The Morgan fingerprint density at radius 1 is 0.875 bits per heavy atom. The number of amides is 1. The third-order valence-electron chi connectivity index (χ3n) is 5.81. The van der Waals surface area contributed by atoms with E-state index in [0.717, 1.165) is 5.56 Å². The molecule has 32 heavy (non-hydrogen) atoms. The van der Waals surface area contributed by atoms with E-state index in [9.17, 15) is 19.5 Å². The molecule has 6 heteroatoms. The second kappa shape index (κ2) is 7.90. The molecule has 2 N–H and O–H groups in total. The molecule has 2 aromatic carbocycles. The van der Waals surface area contributed by atoms with Crippen LogP contribution in [0.25, 0.3) is 5.52 Å². The molecule has 0 bridgehead atoms. The zero-order valence-corrected chi connectivity index (χ0v) is 17.1. The SMILES string of the molecule is O=C1c2ccccc2C(=O)c2c1c(C(=O)N[C@@H](CO)Cc1ccccc1)c1ccccn21. The largest absolute Gasteiger partial charge is 0.394 e. The standard InChI is InChI=1S/C26H20N2O4/c29-15-17(14-16-8-2-1-3-9-16)27-26(32)21-20-12-6-7-13-28(20)23-22(21)24(30)18-10-4-5-11-19(18)25(23)31/h1-13,17,29H,14-15H2,(H,27,32)/t17-/m1/s1.